The Labute approximate surface area is 96.8 Å². The highest BCUT2D eigenvalue weighted by atomic mass is 19.2. The number of para-hydroxylation sites is 1. The second-order valence-corrected chi connectivity index (χ2v) is 3.32. The Hall–Kier alpha value is -2.30. The first kappa shape index (κ1) is 11.2. The van der Waals surface area contributed by atoms with Crippen LogP contribution in [0.15, 0.2) is 53.8 Å². The zero-order valence-electron chi connectivity index (χ0n) is 8.77. The Morgan fingerprint density at radius 3 is 2.29 bits per heavy atom. The van der Waals surface area contributed by atoms with Crippen LogP contribution in [0.1, 0.15) is 0 Å². The fourth-order valence-electron chi connectivity index (χ4n) is 1.48. The van der Waals surface area contributed by atoms with Crippen molar-refractivity contribution >= 4 is 11.4 Å². The van der Waals surface area contributed by atoms with E-state index in [1.807, 2.05) is 0 Å². The minimum atomic E-state index is -1.02. The molecule has 2 rings (SSSR count). The minimum Gasteiger partial charge on any atom is -0.213 e. The molecule has 1 N–H and O–H groups in total. The van der Waals surface area contributed by atoms with Crippen molar-refractivity contribution in [2.75, 3.05) is 5.01 Å². The molecule has 3 nitrogen and oxygen atoms in total. The third-order valence-electron chi connectivity index (χ3n) is 2.26. The second kappa shape index (κ2) is 4.69. The Bertz CT molecular complexity index is 529. The summed E-state index contributed by atoms with van der Waals surface area (Å²) < 4.78 is 26.7. The minimum absolute atomic E-state index is 0.0915. The quantitative estimate of drug-likeness (QED) is 0.630. The monoisotopic (exact) mass is 233 g/mol. The molecule has 0 fully saturated rings. The van der Waals surface area contributed by atoms with Crippen LogP contribution in [0.3, 0.4) is 0 Å². The van der Waals surface area contributed by atoms with Crippen LogP contribution in [-0.2, 0) is 0 Å². The summed E-state index contributed by atoms with van der Waals surface area (Å²) in [4.78, 5) is 0. The highest BCUT2D eigenvalue weighted by Crippen LogP contribution is 2.28. The molecule has 0 radical (unpaired) electrons. The van der Waals surface area contributed by atoms with E-state index in [-0.39, 0.29) is 5.69 Å². The van der Waals surface area contributed by atoms with Gasteiger partial charge in [0.25, 0.3) is 0 Å². The first-order chi connectivity index (χ1) is 8.24. The summed E-state index contributed by atoms with van der Waals surface area (Å²) in [5, 5.41) is 4.23. The molecule has 0 aliphatic heterocycles. The van der Waals surface area contributed by atoms with Crippen molar-refractivity contribution in [2.45, 2.75) is 0 Å². The van der Waals surface area contributed by atoms with Crippen LogP contribution in [0.2, 0.25) is 0 Å². The van der Waals surface area contributed by atoms with Gasteiger partial charge in [-0.3, -0.25) is 0 Å². The van der Waals surface area contributed by atoms with Crippen molar-refractivity contribution in [3.8, 4) is 0 Å². The summed E-state index contributed by atoms with van der Waals surface area (Å²) in [5.74, 6) is -1.99. The Morgan fingerprint density at radius 1 is 0.941 bits per heavy atom. The van der Waals surface area contributed by atoms with Crippen LogP contribution < -0.4 is 5.01 Å². The van der Waals surface area contributed by atoms with Gasteiger partial charge in [-0.05, 0) is 24.3 Å². The molecule has 0 amide bonds. The summed E-state index contributed by atoms with van der Waals surface area (Å²) in [5.41, 5.74) is 7.46. The summed E-state index contributed by atoms with van der Waals surface area (Å²) in [6.07, 6.45) is 0. The molecule has 0 saturated heterocycles. The number of hydrogen-bond acceptors (Lipinski definition) is 2. The van der Waals surface area contributed by atoms with E-state index in [1.165, 1.54) is 12.1 Å². The summed E-state index contributed by atoms with van der Waals surface area (Å²) in [7, 11) is 0. The van der Waals surface area contributed by atoms with Gasteiger partial charge in [-0.2, -0.15) is 5.53 Å². The van der Waals surface area contributed by atoms with Gasteiger partial charge in [-0.1, -0.05) is 29.5 Å². The molecule has 0 bridgehead atoms. The van der Waals surface area contributed by atoms with E-state index < -0.39 is 11.6 Å². The van der Waals surface area contributed by atoms with Gasteiger partial charge in [0.2, 0.25) is 0 Å². The molecule has 0 heterocycles. The Morgan fingerprint density at radius 2 is 1.65 bits per heavy atom. The van der Waals surface area contributed by atoms with Crippen molar-refractivity contribution in [1.29, 1.82) is 5.53 Å². The van der Waals surface area contributed by atoms with Gasteiger partial charge >= 0.3 is 0 Å². The number of nitrogens with zero attached hydrogens (tertiary/aromatic N) is 2. The maximum atomic E-state index is 13.6. The normalized spacial score (nSPS) is 10.0. The lowest BCUT2D eigenvalue weighted by atomic mass is 10.2. The molecule has 0 saturated carbocycles. The number of anilines is 2. The van der Waals surface area contributed by atoms with Crippen LogP contribution in [0.4, 0.5) is 20.2 Å². The molecule has 0 atom stereocenters. The molecule has 0 unspecified atom stereocenters. The highest BCUT2D eigenvalue weighted by molar-refractivity contribution is 5.62. The van der Waals surface area contributed by atoms with Crippen molar-refractivity contribution in [3.05, 3.63) is 60.2 Å². The maximum absolute atomic E-state index is 13.6. The van der Waals surface area contributed by atoms with Gasteiger partial charge in [0.1, 0.15) is 5.69 Å². The fraction of sp³-hybridized carbons (Fsp3) is 0. The number of rotatable bonds is 3. The summed E-state index contributed by atoms with van der Waals surface area (Å²) >= 11 is 0. The molecule has 86 valence electrons. The first-order valence-electron chi connectivity index (χ1n) is 4.90. The lowest BCUT2D eigenvalue weighted by molar-refractivity contribution is 0.508. The van der Waals surface area contributed by atoms with Crippen molar-refractivity contribution in [3.63, 3.8) is 0 Å². The van der Waals surface area contributed by atoms with Gasteiger partial charge in [-0.25, -0.2) is 13.8 Å². The van der Waals surface area contributed by atoms with Gasteiger partial charge in [0, 0.05) is 0 Å². The van der Waals surface area contributed by atoms with E-state index in [0.717, 1.165) is 11.1 Å². The smallest absolute Gasteiger partial charge is 0.184 e. The predicted molar refractivity (Wildman–Crippen MR) is 60.1 cm³/mol. The van der Waals surface area contributed by atoms with Gasteiger partial charge in [0.15, 0.2) is 11.6 Å². The SMILES string of the molecule is N=NN(c1ccccc1)c1cccc(F)c1F. The van der Waals surface area contributed by atoms with E-state index in [4.69, 9.17) is 5.53 Å². The lowest BCUT2D eigenvalue weighted by Crippen LogP contribution is -2.10. The zero-order valence-corrected chi connectivity index (χ0v) is 8.77. The molecule has 17 heavy (non-hydrogen) atoms. The van der Waals surface area contributed by atoms with Crippen LogP contribution in [0.5, 0.6) is 0 Å². The van der Waals surface area contributed by atoms with E-state index in [9.17, 15) is 8.78 Å². The number of hydrogen-bond donors (Lipinski definition) is 1. The highest BCUT2D eigenvalue weighted by Gasteiger charge is 2.15. The van der Waals surface area contributed by atoms with E-state index in [1.54, 1.807) is 30.3 Å². The van der Waals surface area contributed by atoms with E-state index >= 15 is 0 Å². The van der Waals surface area contributed by atoms with Crippen LogP contribution >= 0.6 is 0 Å². The Kier molecular flexibility index (Phi) is 3.09. The van der Waals surface area contributed by atoms with Crippen LogP contribution in [0, 0.1) is 17.2 Å². The number of halogens is 2. The Balaban J connectivity index is 2.50. The van der Waals surface area contributed by atoms with Crippen molar-refractivity contribution in [1.82, 2.24) is 0 Å². The molecular weight excluding hydrogens is 224 g/mol. The molecule has 2 aromatic rings. The number of nitrogens with one attached hydrogen (secondary N) is 1. The molecule has 0 aliphatic carbocycles. The molecule has 0 spiro atoms. The largest absolute Gasteiger partial charge is 0.213 e. The van der Waals surface area contributed by atoms with Crippen LogP contribution in [-0.4, -0.2) is 0 Å². The average Bonchev–Trinajstić information content (AvgIpc) is 2.37. The van der Waals surface area contributed by atoms with E-state index in [2.05, 4.69) is 5.22 Å². The molecule has 5 heteroatoms. The fourth-order valence-corrected chi connectivity index (χ4v) is 1.48. The van der Waals surface area contributed by atoms with Crippen molar-refractivity contribution in [2.24, 2.45) is 5.22 Å². The molecule has 0 aliphatic rings. The maximum Gasteiger partial charge on any atom is 0.184 e. The second-order valence-electron chi connectivity index (χ2n) is 3.32. The standard InChI is InChI=1S/C12H9F2N3/c13-10-7-4-8-11(12(10)14)17(16-15)9-5-2-1-3-6-9/h1-8,15H. The molecule has 2 aromatic carbocycles. The van der Waals surface area contributed by atoms with Gasteiger partial charge < -0.3 is 0 Å². The zero-order chi connectivity index (χ0) is 12.3. The van der Waals surface area contributed by atoms with Crippen molar-refractivity contribution < 1.29 is 8.78 Å². The predicted octanol–water partition coefficient (Wildman–Crippen LogP) is 4.05. The third kappa shape index (κ3) is 2.13. The van der Waals surface area contributed by atoms with Gasteiger partial charge in [-0.15, -0.1) is 0 Å². The van der Waals surface area contributed by atoms with Crippen LogP contribution in [0.25, 0.3) is 0 Å². The third-order valence-corrected chi connectivity index (χ3v) is 2.26. The lowest BCUT2D eigenvalue weighted by Gasteiger charge is -2.17. The topological polar surface area (TPSA) is 39.5 Å². The number of benzene rings is 2. The first-order valence-corrected chi connectivity index (χ1v) is 4.90. The average molecular weight is 233 g/mol. The molecule has 0 aromatic heterocycles. The summed E-state index contributed by atoms with van der Waals surface area (Å²) in [6.45, 7) is 0. The molecular formula is C12H9F2N3. The van der Waals surface area contributed by atoms with Gasteiger partial charge in [0.05, 0.1) is 5.69 Å². The van der Waals surface area contributed by atoms with E-state index in [0.29, 0.717) is 5.69 Å². The summed E-state index contributed by atoms with van der Waals surface area (Å²) in [6, 6.07) is 12.3.